The Balaban J connectivity index is 2.75. The molecular formula is C7H8O4. The highest BCUT2D eigenvalue weighted by atomic mass is 16.5. The summed E-state index contributed by atoms with van der Waals surface area (Å²) >= 11 is 0. The Kier molecular flexibility index (Phi) is 2.25. The van der Waals surface area contributed by atoms with Crippen molar-refractivity contribution in [3.63, 3.8) is 0 Å². The minimum absolute atomic E-state index is 0.00116. The second-order valence-corrected chi connectivity index (χ2v) is 2.03. The van der Waals surface area contributed by atoms with Crippen molar-refractivity contribution in [1.82, 2.24) is 0 Å². The van der Waals surface area contributed by atoms with Crippen LogP contribution in [-0.4, -0.2) is 25.7 Å². The third kappa shape index (κ3) is 1.58. The van der Waals surface area contributed by atoms with Crippen LogP contribution in [0.1, 0.15) is 6.42 Å². The van der Waals surface area contributed by atoms with Gasteiger partial charge in [-0.3, -0.25) is 0 Å². The summed E-state index contributed by atoms with van der Waals surface area (Å²) in [5, 5.41) is 0. The third-order valence-corrected chi connectivity index (χ3v) is 1.32. The number of ether oxygens (including phenoxy) is 2. The quantitative estimate of drug-likeness (QED) is 0.397. The SMILES string of the molecule is COC(=O)C1=CCCOC1=O. The average Bonchev–Trinajstić information content (AvgIpc) is 2.04. The molecule has 0 radical (unpaired) electrons. The summed E-state index contributed by atoms with van der Waals surface area (Å²) in [6, 6.07) is 0. The number of cyclic esters (lactones) is 1. The Bertz CT molecular complexity index is 216. The largest absolute Gasteiger partial charge is 0.465 e. The van der Waals surface area contributed by atoms with Crippen molar-refractivity contribution in [2.45, 2.75) is 6.42 Å². The number of carbonyl (C=O) groups excluding carboxylic acids is 2. The standard InChI is InChI=1S/C7H8O4/c1-10-6(8)5-3-2-4-11-7(5)9/h3H,2,4H2,1H3. The summed E-state index contributed by atoms with van der Waals surface area (Å²) in [5.74, 6) is -1.22. The number of methoxy groups -OCH3 is 1. The topological polar surface area (TPSA) is 52.6 Å². The number of hydrogen-bond donors (Lipinski definition) is 0. The summed E-state index contributed by atoms with van der Waals surface area (Å²) in [4.78, 5) is 21.6. The predicted molar refractivity (Wildman–Crippen MR) is 35.7 cm³/mol. The molecule has 0 unspecified atom stereocenters. The molecule has 0 amide bonds. The van der Waals surface area contributed by atoms with E-state index in [0.717, 1.165) is 0 Å². The van der Waals surface area contributed by atoms with Gasteiger partial charge in [-0.15, -0.1) is 0 Å². The molecule has 0 saturated heterocycles. The lowest BCUT2D eigenvalue weighted by molar-refractivity contribution is -0.146. The molecule has 0 aromatic heterocycles. The van der Waals surface area contributed by atoms with E-state index in [1.54, 1.807) is 0 Å². The zero-order valence-corrected chi connectivity index (χ0v) is 6.12. The number of esters is 2. The van der Waals surface area contributed by atoms with Crippen LogP contribution in [0, 0.1) is 0 Å². The van der Waals surface area contributed by atoms with Gasteiger partial charge >= 0.3 is 11.9 Å². The molecule has 0 aliphatic carbocycles. The van der Waals surface area contributed by atoms with Crippen LogP contribution in [0.15, 0.2) is 11.6 Å². The van der Waals surface area contributed by atoms with E-state index < -0.39 is 11.9 Å². The van der Waals surface area contributed by atoms with E-state index in [4.69, 9.17) is 0 Å². The molecule has 0 aromatic rings. The van der Waals surface area contributed by atoms with E-state index in [1.165, 1.54) is 13.2 Å². The summed E-state index contributed by atoms with van der Waals surface area (Å²) < 4.78 is 8.96. The maximum atomic E-state index is 10.8. The van der Waals surface area contributed by atoms with Crippen molar-refractivity contribution in [2.75, 3.05) is 13.7 Å². The maximum absolute atomic E-state index is 10.8. The second kappa shape index (κ2) is 3.18. The van der Waals surface area contributed by atoms with Gasteiger partial charge in [0, 0.05) is 6.42 Å². The van der Waals surface area contributed by atoms with E-state index in [0.29, 0.717) is 13.0 Å². The molecular weight excluding hydrogens is 148 g/mol. The zero-order valence-electron chi connectivity index (χ0n) is 6.12. The van der Waals surface area contributed by atoms with Crippen molar-refractivity contribution >= 4 is 11.9 Å². The highest BCUT2D eigenvalue weighted by Gasteiger charge is 2.22. The molecule has 0 bridgehead atoms. The van der Waals surface area contributed by atoms with E-state index in [1.807, 2.05) is 0 Å². The first-order valence-electron chi connectivity index (χ1n) is 3.21. The van der Waals surface area contributed by atoms with Crippen LogP contribution in [0.5, 0.6) is 0 Å². The summed E-state index contributed by atoms with van der Waals surface area (Å²) in [6.45, 7) is 0.347. The molecule has 1 aliphatic rings. The highest BCUT2D eigenvalue weighted by molar-refractivity contribution is 6.14. The molecule has 60 valence electrons. The monoisotopic (exact) mass is 156 g/mol. The Labute approximate surface area is 63.8 Å². The fourth-order valence-corrected chi connectivity index (χ4v) is 0.793. The molecule has 0 saturated carbocycles. The van der Waals surface area contributed by atoms with Crippen LogP contribution < -0.4 is 0 Å². The van der Waals surface area contributed by atoms with Gasteiger partial charge in [0.05, 0.1) is 13.7 Å². The van der Waals surface area contributed by atoms with E-state index in [9.17, 15) is 9.59 Å². The first kappa shape index (κ1) is 7.78. The lowest BCUT2D eigenvalue weighted by atomic mass is 10.2. The molecule has 0 atom stereocenters. The van der Waals surface area contributed by atoms with Crippen molar-refractivity contribution in [3.05, 3.63) is 11.6 Å². The fourth-order valence-electron chi connectivity index (χ4n) is 0.793. The molecule has 0 fully saturated rings. The van der Waals surface area contributed by atoms with Gasteiger partial charge in [-0.05, 0) is 0 Å². The Hall–Kier alpha value is -1.32. The molecule has 4 heteroatoms. The molecule has 1 heterocycles. The van der Waals surface area contributed by atoms with Crippen LogP contribution in [0.2, 0.25) is 0 Å². The summed E-state index contributed by atoms with van der Waals surface area (Å²) in [7, 11) is 1.23. The summed E-state index contributed by atoms with van der Waals surface area (Å²) in [6.07, 6.45) is 2.10. The van der Waals surface area contributed by atoms with Crippen LogP contribution >= 0.6 is 0 Å². The normalized spacial score (nSPS) is 16.8. The molecule has 4 nitrogen and oxygen atoms in total. The van der Waals surface area contributed by atoms with E-state index in [2.05, 4.69) is 9.47 Å². The predicted octanol–water partition coefficient (Wildman–Crippen LogP) is 0.0327. The van der Waals surface area contributed by atoms with Gasteiger partial charge in [0.1, 0.15) is 5.57 Å². The number of rotatable bonds is 1. The van der Waals surface area contributed by atoms with Gasteiger partial charge in [-0.1, -0.05) is 6.08 Å². The maximum Gasteiger partial charge on any atom is 0.345 e. The Morgan fingerprint density at radius 2 is 2.45 bits per heavy atom. The smallest absolute Gasteiger partial charge is 0.345 e. The van der Waals surface area contributed by atoms with Crippen molar-refractivity contribution < 1.29 is 19.1 Å². The minimum atomic E-state index is -0.630. The third-order valence-electron chi connectivity index (χ3n) is 1.32. The highest BCUT2D eigenvalue weighted by Crippen LogP contribution is 2.08. The molecule has 1 rings (SSSR count). The van der Waals surface area contributed by atoms with Gasteiger partial charge in [-0.25, -0.2) is 9.59 Å². The first-order chi connectivity index (χ1) is 5.25. The first-order valence-corrected chi connectivity index (χ1v) is 3.21. The molecule has 1 aliphatic heterocycles. The van der Waals surface area contributed by atoms with Crippen molar-refractivity contribution in [3.8, 4) is 0 Å². The molecule has 0 spiro atoms. The van der Waals surface area contributed by atoms with E-state index in [-0.39, 0.29) is 5.57 Å². The van der Waals surface area contributed by atoms with E-state index >= 15 is 0 Å². The lowest BCUT2D eigenvalue weighted by Crippen LogP contribution is -2.20. The number of carbonyl (C=O) groups is 2. The van der Waals surface area contributed by atoms with Crippen LogP contribution in [0.4, 0.5) is 0 Å². The van der Waals surface area contributed by atoms with Crippen LogP contribution in [-0.2, 0) is 19.1 Å². The van der Waals surface area contributed by atoms with Crippen molar-refractivity contribution in [2.24, 2.45) is 0 Å². The van der Waals surface area contributed by atoms with Gasteiger partial charge < -0.3 is 9.47 Å². The molecule has 0 N–H and O–H groups in total. The molecule has 11 heavy (non-hydrogen) atoms. The van der Waals surface area contributed by atoms with Gasteiger partial charge in [0.2, 0.25) is 0 Å². The van der Waals surface area contributed by atoms with Gasteiger partial charge in [0.25, 0.3) is 0 Å². The lowest BCUT2D eigenvalue weighted by Gasteiger charge is -2.10. The average molecular weight is 156 g/mol. The van der Waals surface area contributed by atoms with Crippen LogP contribution in [0.25, 0.3) is 0 Å². The Morgan fingerprint density at radius 3 is 3.00 bits per heavy atom. The number of hydrogen-bond acceptors (Lipinski definition) is 4. The fraction of sp³-hybridized carbons (Fsp3) is 0.429. The zero-order chi connectivity index (χ0) is 8.27. The van der Waals surface area contributed by atoms with Crippen LogP contribution in [0.3, 0.4) is 0 Å². The van der Waals surface area contributed by atoms with Crippen molar-refractivity contribution in [1.29, 1.82) is 0 Å². The van der Waals surface area contributed by atoms with Gasteiger partial charge in [0.15, 0.2) is 0 Å². The molecule has 0 aromatic carbocycles. The summed E-state index contributed by atoms with van der Waals surface area (Å²) in [5.41, 5.74) is -0.00116. The Morgan fingerprint density at radius 1 is 1.73 bits per heavy atom. The van der Waals surface area contributed by atoms with Gasteiger partial charge in [-0.2, -0.15) is 0 Å². The second-order valence-electron chi connectivity index (χ2n) is 2.03. The minimum Gasteiger partial charge on any atom is -0.465 e.